The molecule has 0 saturated heterocycles. The Bertz CT molecular complexity index is 762. The number of aromatic nitrogens is 2. The Morgan fingerprint density at radius 1 is 1.20 bits per heavy atom. The summed E-state index contributed by atoms with van der Waals surface area (Å²) in [4.78, 5) is 32.8. The molecule has 0 bridgehead atoms. The van der Waals surface area contributed by atoms with Crippen LogP contribution in [0.4, 0.5) is 16.3 Å². The standard InChI is InChI=1S/C16H19N5O4/c1-21(2)13-12(14(25-3)19-9-18-13)20-16(24)17-8-10-4-6-11(7-5-10)15(22)23/h4-7,9H,8H2,1-3H3,(H,22,23)(H2,17,20,24). The lowest BCUT2D eigenvalue weighted by Crippen LogP contribution is -2.29. The molecule has 3 N–H and O–H groups in total. The fourth-order valence-corrected chi connectivity index (χ4v) is 2.07. The van der Waals surface area contributed by atoms with Crippen molar-refractivity contribution < 1.29 is 19.4 Å². The summed E-state index contributed by atoms with van der Waals surface area (Å²) in [5.41, 5.74) is 1.31. The number of methoxy groups -OCH3 is 1. The number of carboxylic acid groups (broad SMARTS) is 1. The maximum atomic E-state index is 12.2. The van der Waals surface area contributed by atoms with Gasteiger partial charge in [-0.3, -0.25) is 0 Å². The lowest BCUT2D eigenvalue weighted by molar-refractivity contribution is 0.0697. The van der Waals surface area contributed by atoms with E-state index in [9.17, 15) is 9.59 Å². The summed E-state index contributed by atoms with van der Waals surface area (Å²) in [5, 5.41) is 14.2. The van der Waals surface area contributed by atoms with E-state index in [0.29, 0.717) is 11.5 Å². The quantitative estimate of drug-likeness (QED) is 0.727. The first kappa shape index (κ1) is 18.0. The molecule has 25 heavy (non-hydrogen) atoms. The molecule has 132 valence electrons. The van der Waals surface area contributed by atoms with Crippen molar-refractivity contribution in [3.8, 4) is 5.88 Å². The Morgan fingerprint density at radius 2 is 1.88 bits per heavy atom. The largest absolute Gasteiger partial charge is 0.479 e. The Labute approximate surface area is 144 Å². The lowest BCUT2D eigenvalue weighted by Gasteiger charge is -2.18. The number of rotatable bonds is 6. The van der Waals surface area contributed by atoms with E-state index >= 15 is 0 Å². The first-order valence-corrected chi connectivity index (χ1v) is 7.35. The predicted octanol–water partition coefficient (Wildman–Crippen LogP) is 1.57. The van der Waals surface area contributed by atoms with E-state index in [0.717, 1.165) is 5.56 Å². The van der Waals surface area contributed by atoms with Gasteiger partial charge in [-0.05, 0) is 17.7 Å². The van der Waals surface area contributed by atoms with Crippen LogP contribution >= 0.6 is 0 Å². The van der Waals surface area contributed by atoms with Crippen LogP contribution in [0.25, 0.3) is 0 Å². The second kappa shape index (κ2) is 7.95. The minimum absolute atomic E-state index is 0.190. The second-order valence-electron chi connectivity index (χ2n) is 5.29. The van der Waals surface area contributed by atoms with Crippen LogP contribution in [0.2, 0.25) is 0 Å². The molecule has 0 unspecified atom stereocenters. The number of carbonyl (C=O) groups excluding carboxylic acids is 1. The number of hydrogen-bond acceptors (Lipinski definition) is 6. The zero-order valence-electron chi connectivity index (χ0n) is 14.1. The number of benzene rings is 1. The van der Waals surface area contributed by atoms with Gasteiger partial charge in [-0.25, -0.2) is 14.6 Å². The number of aromatic carboxylic acids is 1. The maximum absolute atomic E-state index is 12.2. The van der Waals surface area contributed by atoms with E-state index in [4.69, 9.17) is 9.84 Å². The average Bonchev–Trinajstić information content (AvgIpc) is 2.60. The van der Waals surface area contributed by atoms with Crippen LogP contribution in [-0.2, 0) is 6.54 Å². The van der Waals surface area contributed by atoms with Gasteiger partial charge >= 0.3 is 12.0 Å². The van der Waals surface area contributed by atoms with Gasteiger partial charge in [0.1, 0.15) is 12.0 Å². The first-order chi connectivity index (χ1) is 11.9. The number of nitrogens with zero attached hydrogens (tertiary/aromatic N) is 3. The topological polar surface area (TPSA) is 117 Å². The molecule has 0 fully saturated rings. The summed E-state index contributed by atoms with van der Waals surface area (Å²) < 4.78 is 5.16. The van der Waals surface area contributed by atoms with E-state index < -0.39 is 12.0 Å². The van der Waals surface area contributed by atoms with E-state index in [1.54, 1.807) is 31.1 Å². The van der Waals surface area contributed by atoms with Crippen molar-refractivity contribution in [1.82, 2.24) is 15.3 Å². The van der Waals surface area contributed by atoms with Crippen LogP contribution in [0.3, 0.4) is 0 Å². The summed E-state index contributed by atoms with van der Waals surface area (Å²) in [6.45, 7) is 0.235. The highest BCUT2D eigenvalue weighted by Crippen LogP contribution is 2.29. The van der Waals surface area contributed by atoms with Crippen LogP contribution in [0.15, 0.2) is 30.6 Å². The Balaban J connectivity index is 2.04. The number of carboxylic acids is 1. The number of urea groups is 1. The molecule has 9 nitrogen and oxygen atoms in total. The summed E-state index contributed by atoms with van der Waals surface area (Å²) in [6, 6.07) is 5.78. The summed E-state index contributed by atoms with van der Waals surface area (Å²) in [6.07, 6.45) is 1.35. The smallest absolute Gasteiger partial charge is 0.335 e. The van der Waals surface area contributed by atoms with Gasteiger partial charge in [-0.1, -0.05) is 12.1 Å². The summed E-state index contributed by atoms with van der Waals surface area (Å²) in [7, 11) is 5.03. The molecule has 1 aromatic heterocycles. The van der Waals surface area contributed by atoms with E-state index in [2.05, 4.69) is 20.6 Å². The zero-order chi connectivity index (χ0) is 18.4. The van der Waals surface area contributed by atoms with Crippen molar-refractivity contribution in [1.29, 1.82) is 0 Å². The molecule has 2 amide bonds. The van der Waals surface area contributed by atoms with Crippen LogP contribution in [0, 0.1) is 0 Å². The Hall–Kier alpha value is -3.36. The molecule has 2 rings (SSSR count). The van der Waals surface area contributed by atoms with Crippen molar-refractivity contribution in [3.05, 3.63) is 41.7 Å². The van der Waals surface area contributed by atoms with E-state index in [1.807, 2.05) is 0 Å². The normalized spacial score (nSPS) is 10.0. The van der Waals surface area contributed by atoms with Crippen molar-refractivity contribution in [2.24, 2.45) is 0 Å². The highest BCUT2D eigenvalue weighted by molar-refractivity contribution is 5.94. The highest BCUT2D eigenvalue weighted by atomic mass is 16.5. The third kappa shape index (κ3) is 4.56. The van der Waals surface area contributed by atoms with Gasteiger partial charge < -0.3 is 25.4 Å². The van der Waals surface area contributed by atoms with E-state index in [1.165, 1.54) is 25.6 Å². The molecule has 1 aromatic carbocycles. The van der Waals surface area contributed by atoms with Gasteiger partial charge in [-0.15, -0.1) is 0 Å². The number of ether oxygens (including phenoxy) is 1. The Morgan fingerprint density at radius 3 is 2.44 bits per heavy atom. The number of amides is 2. The third-order valence-electron chi connectivity index (χ3n) is 3.30. The molecular weight excluding hydrogens is 326 g/mol. The van der Waals surface area contributed by atoms with Gasteiger partial charge in [0.15, 0.2) is 5.82 Å². The molecule has 0 aliphatic rings. The van der Waals surface area contributed by atoms with Crippen LogP contribution < -0.4 is 20.3 Å². The first-order valence-electron chi connectivity index (χ1n) is 7.35. The van der Waals surface area contributed by atoms with Gasteiger partial charge in [0.05, 0.1) is 12.7 Å². The van der Waals surface area contributed by atoms with Crippen molar-refractivity contribution in [2.45, 2.75) is 6.54 Å². The van der Waals surface area contributed by atoms with Crippen molar-refractivity contribution in [3.63, 3.8) is 0 Å². The average molecular weight is 345 g/mol. The summed E-state index contributed by atoms with van der Waals surface area (Å²) in [5.74, 6) is -0.239. The van der Waals surface area contributed by atoms with Crippen molar-refractivity contribution >= 4 is 23.5 Å². The fraction of sp³-hybridized carbons (Fsp3) is 0.250. The van der Waals surface area contributed by atoms with Gasteiger partial charge in [0.25, 0.3) is 0 Å². The Kier molecular flexibility index (Phi) is 5.72. The number of carbonyl (C=O) groups is 2. The highest BCUT2D eigenvalue weighted by Gasteiger charge is 2.16. The van der Waals surface area contributed by atoms with Gasteiger partial charge in [-0.2, -0.15) is 4.98 Å². The SMILES string of the molecule is COc1ncnc(N(C)C)c1NC(=O)NCc1ccc(C(=O)O)cc1. The van der Waals surface area contributed by atoms with Crippen molar-refractivity contribution in [2.75, 3.05) is 31.4 Å². The zero-order valence-corrected chi connectivity index (χ0v) is 14.1. The lowest BCUT2D eigenvalue weighted by atomic mass is 10.1. The molecule has 1 heterocycles. The molecule has 2 aromatic rings. The molecule has 0 saturated carbocycles. The van der Waals surface area contributed by atoms with Crippen LogP contribution in [-0.4, -0.2) is 48.3 Å². The summed E-state index contributed by atoms with van der Waals surface area (Å²) >= 11 is 0. The van der Waals surface area contributed by atoms with Crippen LogP contribution in [0.1, 0.15) is 15.9 Å². The third-order valence-corrected chi connectivity index (χ3v) is 3.30. The maximum Gasteiger partial charge on any atom is 0.335 e. The minimum atomic E-state index is -0.996. The number of hydrogen-bond donors (Lipinski definition) is 3. The van der Waals surface area contributed by atoms with Gasteiger partial charge in [0, 0.05) is 20.6 Å². The molecule has 0 aliphatic carbocycles. The molecular formula is C16H19N5O4. The predicted molar refractivity (Wildman–Crippen MR) is 92.2 cm³/mol. The molecule has 9 heteroatoms. The van der Waals surface area contributed by atoms with Crippen LogP contribution in [0.5, 0.6) is 5.88 Å². The number of anilines is 2. The monoisotopic (exact) mass is 345 g/mol. The minimum Gasteiger partial charge on any atom is -0.479 e. The molecule has 0 atom stereocenters. The number of nitrogens with one attached hydrogen (secondary N) is 2. The molecule has 0 aliphatic heterocycles. The second-order valence-corrected chi connectivity index (χ2v) is 5.29. The fourth-order valence-electron chi connectivity index (χ4n) is 2.07. The molecule has 0 radical (unpaired) electrons. The van der Waals surface area contributed by atoms with Gasteiger partial charge in [0.2, 0.25) is 5.88 Å². The molecule has 0 spiro atoms. The van der Waals surface area contributed by atoms with E-state index in [-0.39, 0.29) is 18.0 Å².